The topological polar surface area (TPSA) is 0 Å². The van der Waals surface area contributed by atoms with Crippen LogP contribution in [-0.2, 0) is 0 Å². The normalized spacial score (nSPS) is 12.5. The third kappa shape index (κ3) is 6.47. The summed E-state index contributed by atoms with van der Waals surface area (Å²) in [5.74, 6) is 3.53. The SMILES string of the molecule is CCCCCCC(C)CCCC=P(c1ccccc1)(c1ccccc1)c1ccccc1. The number of hydrogen-bond acceptors (Lipinski definition) is 0. The predicted molar refractivity (Wildman–Crippen MR) is 143 cm³/mol. The maximum Gasteiger partial charge on any atom is -0.0163 e. The highest BCUT2D eigenvalue weighted by molar-refractivity contribution is 7.94. The molecule has 0 radical (unpaired) electrons. The van der Waals surface area contributed by atoms with Crippen LogP contribution in [0.5, 0.6) is 0 Å². The minimum atomic E-state index is -1.77. The highest BCUT2D eigenvalue weighted by Crippen LogP contribution is 2.44. The van der Waals surface area contributed by atoms with Crippen LogP contribution in [0.4, 0.5) is 0 Å². The fraction of sp³-hybridized carbons (Fsp3) is 0.367. The summed E-state index contributed by atoms with van der Waals surface area (Å²) in [4.78, 5) is 0. The van der Waals surface area contributed by atoms with Crippen LogP contribution < -0.4 is 15.9 Å². The van der Waals surface area contributed by atoms with Crippen molar-refractivity contribution < 1.29 is 0 Å². The van der Waals surface area contributed by atoms with Crippen molar-refractivity contribution in [3.05, 3.63) is 91.0 Å². The maximum atomic E-state index is 2.69. The average molecular weight is 431 g/mol. The molecule has 0 aliphatic rings. The minimum Gasteiger partial charge on any atom is -0.0742 e. The fourth-order valence-electron chi connectivity index (χ4n) is 4.57. The molecule has 0 bridgehead atoms. The molecule has 164 valence electrons. The largest absolute Gasteiger partial charge is 0.0742 e. The van der Waals surface area contributed by atoms with Crippen molar-refractivity contribution in [1.29, 1.82) is 0 Å². The van der Waals surface area contributed by atoms with Crippen LogP contribution in [0.2, 0.25) is 0 Å². The van der Waals surface area contributed by atoms with E-state index in [0.717, 1.165) is 5.92 Å². The molecule has 1 unspecified atom stereocenters. The Morgan fingerprint density at radius 2 is 1.06 bits per heavy atom. The van der Waals surface area contributed by atoms with Crippen molar-refractivity contribution in [3.63, 3.8) is 0 Å². The Balaban J connectivity index is 1.88. The number of hydrogen-bond donors (Lipinski definition) is 0. The molecule has 0 nitrogen and oxygen atoms in total. The third-order valence-electron chi connectivity index (χ3n) is 6.34. The summed E-state index contributed by atoms with van der Waals surface area (Å²) in [6, 6.07) is 33.6. The predicted octanol–water partition coefficient (Wildman–Crippen LogP) is 7.56. The van der Waals surface area contributed by atoms with Gasteiger partial charge >= 0.3 is 0 Å². The van der Waals surface area contributed by atoms with Crippen LogP contribution in [0.15, 0.2) is 91.0 Å². The fourth-order valence-corrected chi connectivity index (χ4v) is 8.59. The van der Waals surface area contributed by atoms with Crippen LogP contribution in [0.3, 0.4) is 0 Å². The Bertz CT molecular complexity index is 809. The number of unbranched alkanes of at least 4 members (excludes halogenated alkanes) is 4. The molecule has 31 heavy (non-hydrogen) atoms. The molecule has 0 fully saturated rings. The van der Waals surface area contributed by atoms with Crippen molar-refractivity contribution >= 4 is 28.6 Å². The van der Waals surface area contributed by atoms with Gasteiger partial charge in [0.25, 0.3) is 0 Å². The molecule has 1 atom stereocenters. The summed E-state index contributed by atoms with van der Waals surface area (Å²) in [5.41, 5.74) is 0. The Hall–Kier alpha value is -2.04. The molecule has 0 amide bonds. The van der Waals surface area contributed by atoms with Gasteiger partial charge in [0.2, 0.25) is 0 Å². The molecule has 0 heterocycles. The lowest BCUT2D eigenvalue weighted by atomic mass is 9.97. The van der Waals surface area contributed by atoms with E-state index in [0.29, 0.717) is 0 Å². The van der Waals surface area contributed by atoms with Gasteiger partial charge in [-0.15, -0.1) is 0 Å². The highest BCUT2D eigenvalue weighted by Gasteiger charge is 2.24. The first-order valence-corrected chi connectivity index (χ1v) is 14.0. The van der Waals surface area contributed by atoms with E-state index in [1.807, 2.05) is 0 Å². The molecule has 0 saturated heterocycles. The van der Waals surface area contributed by atoms with Crippen molar-refractivity contribution in [1.82, 2.24) is 0 Å². The van der Waals surface area contributed by atoms with Crippen molar-refractivity contribution in [2.45, 2.75) is 65.2 Å². The van der Waals surface area contributed by atoms with Gasteiger partial charge in [0.05, 0.1) is 0 Å². The first kappa shape index (κ1) is 23.6. The van der Waals surface area contributed by atoms with E-state index in [1.165, 1.54) is 67.3 Å². The molecule has 3 aromatic rings. The Morgan fingerprint density at radius 1 is 0.613 bits per heavy atom. The van der Waals surface area contributed by atoms with Gasteiger partial charge in [-0.25, -0.2) is 0 Å². The lowest BCUT2D eigenvalue weighted by Gasteiger charge is -2.29. The van der Waals surface area contributed by atoms with Gasteiger partial charge in [0.15, 0.2) is 0 Å². The lowest BCUT2D eigenvalue weighted by molar-refractivity contribution is 0.451. The van der Waals surface area contributed by atoms with E-state index in [1.54, 1.807) is 0 Å². The molecule has 1 heteroatoms. The van der Waals surface area contributed by atoms with Crippen LogP contribution in [0, 0.1) is 5.92 Å². The molecule has 3 aromatic carbocycles. The van der Waals surface area contributed by atoms with E-state index >= 15 is 0 Å². The van der Waals surface area contributed by atoms with Crippen molar-refractivity contribution in [3.8, 4) is 0 Å². The summed E-state index contributed by atoms with van der Waals surface area (Å²) < 4.78 is 0. The second kappa shape index (κ2) is 12.7. The Kier molecular flexibility index (Phi) is 9.70. The van der Waals surface area contributed by atoms with Crippen molar-refractivity contribution in [2.24, 2.45) is 5.92 Å². The molecular weight excluding hydrogens is 391 g/mol. The van der Waals surface area contributed by atoms with Gasteiger partial charge in [-0.3, -0.25) is 0 Å². The zero-order valence-corrected chi connectivity index (χ0v) is 20.3. The van der Waals surface area contributed by atoms with Gasteiger partial charge in [-0.2, -0.15) is 0 Å². The first-order valence-electron chi connectivity index (χ1n) is 12.2. The summed E-state index contributed by atoms with van der Waals surface area (Å²) in [6.07, 6.45) is 10.7. The molecule has 0 aliphatic carbocycles. The van der Waals surface area contributed by atoms with E-state index in [2.05, 4.69) is 111 Å². The van der Waals surface area contributed by atoms with E-state index in [-0.39, 0.29) is 0 Å². The standard InChI is InChI=1S/C30H39P/c1-3-4-5-9-18-27(2)19-16-17-26-31(28-20-10-6-11-21-28,29-22-12-7-13-23-29)30-24-14-8-15-25-30/h6-8,10-15,20-27H,3-5,9,16-19H2,1-2H3. The van der Waals surface area contributed by atoms with Gasteiger partial charge in [0, 0.05) is 0 Å². The average Bonchev–Trinajstić information content (AvgIpc) is 2.84. The van der Waals surface area contributed by atoms with Crippen LogP contribution in [0.25, 0.3) is 0 Å². The lowest BCUT2D eigenvalue weighted by Crippen LogP contribution is -2.27. The number of benzene rings is 3. The molecule has 0 N–H and O–H groups in total. The quantitative estimate of drug-likeness (QED) is 0.205. The smallest absolute Gasteiger partial charge is 0.0163 e. The Labute approximate surface area is 190 Å². The van der Waals surface area contributed by atoms with Crippen LogP contribution in [-0.4, -0.2) is 5.80 Å². The van der Waals surface area contributed by atoms with Gasteiger partial charge < -0.3 is 0 Å². The monoisotopic (exact) mass is 430 g/mol. The second-order valence-corrected chi connectivity index (χ2v) is 12.2. The highest BCUT2D eigenvalue weighted by atomic mass is 31.2. The zero-order chi connectivity index (χ0) is 21.8. The maximum absolute atomic E-state index is 2.69. The number of rotatable bonds is 12. The first-order chi connectivity index (χ1) is 15.3. The summed E-state index contributed by atoms with van der Waals surface area (Å²) >= 11 is 0. The van der Waals surface area contributed by atoms with Gasteiger partial charge in [0.1, 0.15) is 0 Å². The Morgan fingerprint density at radius 3 is 1.52 bits per heavy atom. The van der Waals surface area contributed by atoms with Gasteiger partial charge in [-0.1, -0.05) is 149 Å². The zero-order valence-electron chi connectivity index (χ0n) is 19.4. The summed E-state index contributed by atoms with van der Waals surface area (Å²) in [5, 5.41) is 4.38. The van der Waals surface area contributed by atoms with Crippen LogP contribution >= 0.6 is 6.89 Å². The third-order valence-corrected chi connectivity index (χ3v) is 10.5. The molecule has 0 spiro atoms. The minimum absolute atomic E-state index is 0.836. The second-order valence-electron chi connectivity index (χ2n) is 8.80. The molecule has 3 rings (SSSR count). The molecular formula is C30H39P. The summed E-state index contributed by atoms with van der Waals surface area (Å²) in [6.45, 7) is 2.97. The van der Waals surface area contributed by atoms with E-state index in [4.69, 9.17) is 0 Å². The van der Waals surface area contributed by atoms with Crippen LogP contribution in [0.1, 0.15) is 65.2 Å². The summed E-state index contributed by atoms with van der Waals surface area (Å²) in [7, 11) is 0. The van der Waals surface area contributed by atoms with Crippen molar-refractivity contribution in [2.75, 3.05) is 0 Å². The van der Waals surface area contributed by atoms with E-state index in [9.17, 15) is 0 Å². The van der Waals surface area contributed by atoms with Gasteiger partial charge in [-0.05, 0) is 41.6 Å². The van der Waals surface area contributed by atoms with E-state index < -0.39 is 6.89 Å². The molecule has 0 aromatic heterocycles. The molecule has 0 aliphatic heterocycles. The molecule has 0 saturated carbocycles.